The SMILES string of the molecule is Cc1cccc(NC(=O)[C@@H]2C[C@H]2c2ccco2)c1O. The van der Waals surface area contributed by atoms with Gasteiger partial charge in [0.25, 0.3) is 0 Å². The highest BCUT2D eigenvalue weighted by Gasteiger charge is 2.45. The summed E-state index contributed by atoms with van der Waals surface area (Å²) in [5.41, 5.74) is 1.21. The Morgan fingerprint density at radius 1 is 1.37 bits per heavy atom. The predicted octanol–water partition coefficient (Wildman–Crippen LogP) is 3.04. The number of rotatable bonds is 3. The Morgan fingerprint density at radius 3 is 2.95 bits per heavy atom. The van der Waals surface area contributed by atoms with E-state index in [0.29, 0.717) is 5.69 Å². The van der Waals surface area contributed by atoms with Gasteiger partial charge in [0.15, 0.2) is 0 Å². The number of furan rings is 1. The van der Waals surface area contributed by atoms with Crippen LogP contribution in [0.5, 0.6) is 5.75 Å². The molecule has 1 aliphatic rings. The average Bonchev–Trinajstić information content (AvgIpc) is 3.02. The fourth-order valence-corrected chi connectivity index (χ4v) is 2.29. The number of nitrogens with one attached hydrogen (secondary N) is 1. The van der Waals surface area contributed by atoms with Crippen molar-refractivity contribution in [2.24, 2.45) is 5.92 Å². The van der Waals surface area contributed by atoms with Gasteiger partial charge in [-0.1, -0.05) is 12.1 Å². The van der Waals surface area contributed by atoms with Crippen LogP contribution in [0.1, 0.15) is 23.7 Å². The Hall–Kier alpha value is -2.23. The second-order valence-corrected chi connectivity index (χ2v) is 4.92. The molecule has 3 rings (SSSR count). The molecule has 1 heterocycles. The first kappa shape index (κ1) is 11.8. The standard InChI is InChI=1S/C15H15NO3/c1-9-4-2-5-12(14(9)17)16-15(18)11-8-10(11)13-6-3-7-19-13/h2-7,10-11,17H,8H2,1H3,(H,16,18)/t10-,11-/m1/s1. The van der Waals surface area contributed by atoms with E-state index in [-0.39, 0.29) is 23.5 Å². The van der Waals surface area contributed by atoms with Crippen LogP contribution in [-0.4, -0.2) is 11.0 Å². The lowest BCUT2D eigenvalue weighted by atomic mass is 10.2. The van der Waals surface area contributed by atoms with E-state index >= 15 is 0 Å². The summed E-state index contributed by atoms with van der Waals surface area (Å²) in [6, 6.07) is 9.02. The monoisotopic (exact) mass is 257 g/mol. The Morgan fingerprint density at radius 2 is 2.21 bits per heavy atom. The van der Waals surface area contributed by atoms with Gasteiger partial charge < -0.3 is 14.8 Å². The van der Waals surface area contributed by atoms with Crippen LogP contribution in [0.25, 0.3) is 0 Å². The molecule has 0 radical (unpaired) electrons. The highest BCUT2D eigenvalue weighted by molar-refractivity contribution is 5.96. The van der Waals surface area contributed by atoms with Gasteiger partial charge in [-0.25, -0.2) is 0 Å². The molecule has 1 aromatic heterocycles. The predicted molar refractivity (Wildman–Crippen MR) is 71.0 cm³/mol. The number of benzene rings is 1. The van der Waals surface area contributed by atoms with Gasteiger partial charge in [-0.3, -0.25) is 4.79 Å². The van der Waals surface area contributed by atoms with Gasteiger partial charge in [-0.2, -0.15) is 0 Å². The van der Waals surface area contributed by atoms with Crippen LogP contribution in [0.2, 0.25) is 0 Å². The van der Waals surface area contributed by atoms with E-state index in [4.69, 9.17) is 4.42 Å². The molecule has 0 bridgehead atoms. The summed E-state index contributed by atoms with van der Waals surface area (Å²) in [5, 5.41) is 12.6. The maximum atomic E-state index is 12.1. The van der Waals surface area contributed by atoms with Crippen molar-refractivity contribution >= 4 is 11.6 Å². The number of para-hydroxylation sites is 1. The lowest BCUT2D eigenvalue weighted by Gasteiger charge is -2.08. The third-order valence-corrected chi connectivity index (χ3v) is 3.53. The minimum absolute atomic E-state index is 0.0638. The van der Waals surface area contributed by atoms with Crippen molar-refractivity contribution < 1.29 is 14.3 Å². The van der Waals surface area contributed by atoms with Gasteiger partial charge in [0, 0.05) is 11.8 Å². The maximum Gasteiger partial charge on any atom is 0.228 e. The van der Waals surface area contributed by atoms with E-state index < -0.39 is 0 Å². The van der Waals surface area contributed by atoms with Gasteiger partial charge in [-0.05, 0) is 37.1 Å². The topological polar surface area (TPSA) is 62.5 Å². The molecule has 1 saturated carbocycles. The van der Waals surface area contributed by atoms with E-state index in [2.05, 4.69) is 5.32 Å². The number of aromatic hydroxyl groups is 1. The second-order valence-electron chi connectivity index (χ2n) is 4.92. The molecule has 1 amide bonds. The van der Waals surface area contributed by atoms with Crippen LogP contribution in [-0.2, 0) is 4.79 Å². The summed E-state index contributed by atoms with van der Waals surface area (Å²) in [6.45, 7) is 1.80. The molecular weight excluding hydrogens is 242 g/mol. The van der Waals surface area contributed by atoms with Crippen molar-refractivity contribution in [1.82, 2.24) is 0 Å². The van der Waals surface area contributed by atoms with Crippen molar-refractivity contribution in [2.75, 3.05) is 5.32 Å². The number of aryl methyl sites for hydroxylation is 1. The van der Waals surface area contributed by atoms with E-state index in [9.17, 15) is 9.90 Å². The maximum absolute atomic E-state index is 12.1. The van der Waals surface area contributed by atoms with Gasteiger partial charge >= 0.3 is 0 Å². The number of carbonyl (C=O) groups is 1. The van der Waals surface area contributed by atoms with E-state index in [1.165, 1.54) is 0 Å². The first-order valence-corrected chi connectivity index (χ1v) is 6.29. The van der Waals surface area contributed by atoms with E-state index in [0.717, 1.165) is 17.7 Å². The van der Waals surface area contributed by atoms with Crippen molar-refractivity contribution in [1.29, 1.82) is 0 Å². The summed E-state index contributed by atoms with van der Waals surface area (Å²) in [4.78, 5) is 12.1. The van der Waals surface area contributed by atoms with Crippen LogP contribution >= 0.6 is 0 Å². The number of hydrogen-bond donors (Lipinski definition) is 2. The Kier molecular flexibility index (Phi) is 2.78. The summed E-state index contributed by atoms with van der Waals surface area (Å²) < 4.78 is 5.30. The van der Waals surface area contributed by atoms with Gasteiger partial charge in [-0.15, -0.1) is 0 Å². The lowest BCUT2D eigenvalue weighted by Crippen LogP contribution is -2.14. The van der Waals surface area contributed by atoms with Gasteiger partial charge in [0.2, 0.25) is 5.91 Å². The van der Waals surface area contributed by atoms with Crippen LogP contribution in [0.4, 0.5) is 5.69 Å². The summed E-state index contributed by atoms with van der Waals surface area (Å²) >= 11 is 0. The van der Waals surface area contributed by atoms with Crippen LogP contribution in [0.3, 0.4) is 0 Å². The highest BCUT2D eigenvalue weighted by Crippen LogP contribution is 2.48. The zero-order valence-corrected chi connectivity index (χ0v) is 10.6. The van der Waals surface area contributed by atoms with Gasteiger partial charge in [0.1, 0.15) is 11.5 Å². The normalized spacial score (nSPS) is 21.1. The molecule has 2 N–H and O–H groups in total. The zero-order chi connectivity index (χ0) is 13.4. The third kappa shape index (κ3) is 2.21. The molecule has 1 fully saturated rings. The highest BCUT2D eigenvalue weighted by atomic mass is 16.3. The number of hydrogen-bond acceptors (Lipinski definition) is 3. The molecule has 0 unspecified atom stereocenters. The molecule has 19 heavy (non-hydrogen) atoms. The molecule has 2 atom stereocenters. The summed E-state index contributed by atoms with van der Waals surface area (Å²) in [5.74, 6) is 1.02. The van der Waals surface area contributed by atoms with Crippen molar-refractivity contribution in [3.63, 3.8) is 0 Å². The van der Waals surface area contributed by atoms with E-state index in [1.54, 1.807) is 25.3 Å². The fourth-order valence-electron chi connectivity index (χ4n) is 2.29. The van der Waals surface area contributed by atoms with Crippen LogP contribution in [0, 0.1) is 12.8 Å². The molecule has 4 heteroatoms. The first-order valence-electron chi connectivity index (χ1n) is 6.29. The quantitative estimate of drug-likeness (QED) is 0.831. The number of carbonyl (C=O) groups excluding carboxylic acids is 1. The Balaban J connectivity index is 1.69. The molecule has 1 aromatic carbocycles. The Bertz CT molecular complexity index is 604. The first-order chi connectivity index (χ1) is 9.16. The molecule has 98 valence electrons. The van der Waals surface area contributed by atoms with E-state index in [1.807, 2.05) is 18.2 Å². The molecular formula is C15H15NO3. The zero-order valence-electron chi connectivity index (χ0n) is 10.6. The molecule has 2 aromatic rings. The van der Waals surface area contributed by atoms with Crippen LogP contribution < -0.4 is 5.32 Å². The van der Waals surface area contributed by atoms with Crippen molar-refractivity contribution in [2.45, 2.75) is 19.3 Å². The second kappa shape index (κ2) is 4.46. The number of amides is 1. The fraction of sp³-hybridized carbons (Fsp3) is 0.267. The van der Waals surface area contributed by atoms with Gasteiger partial charge in [0.05, 0.1) is 12.0 Å². The summed E-state index contributed by atoms with van der Waals surface area (Å²) in [7, 11) is 0. The Labute approximate surface area is 111 Å². The molecule has 0 saturated heterocycles. The largest absolute Gasteiger partial charge is 0.505 e. The lowest BCUT2D eigenvalue weighted by molar-refractivity contribution is -0.117. The van der Waals surface area contributed by atoms with Crippen molar-refractivity contribution in [3.8, 4) is 5.75 Å². The minimum Gasteiger partial charge on any atom is -0.505 e. The van der Waals surface area contributed by atoms with Crippen LogP contribution in [0.15, 0.2) is 41.0 Å². The molecule has 0 aliphatic heterocycles. The smallest absolute Gasteiger partial charge is 0.228 e. The molecule has 1 aliphatic carbocycles. The number of anilines is 1. The number of phenols is 1. The minimum atomic E-state index is -0.0673. The average molecular weight is 257 g/mol. The third-order valence-electron chi connectivity index (χ3n) is 3.53. The molecule has 4 nitrogen and oxygen atoms in total. The molecule has 0 spiro atoms. The summed E-state index contributed by atoms with van der Waals surface area (Å²) in [6.07, 6.45) is 2.42. The number of phenolic OH excluding ortho intramolecular Hbond substituents is 1. The van der Waals surface area contributed by atoms with Crippen molar-refractivity contribution in [3.05, 3.63) is 47.9 Å².